The molecule has 4 aromatic carbocycles. The van der Waals surface area contributed by atoms with Crippen LogP contribution in [0.5, 0.6) is 0 Å². The van der Waals surface area contributed by atoms with Crippen LogP contribution in [-0.4, -0.2) is 41.2 Å². The van der Waals surface area contributed by atoms with Crippen LogP contribution in [0.25, 0.3) is 43.6 Å². The molecule has 0 fully saturated rings. The summed E-state index contributed by atoms with van der Waals surface area (Å²) in [6, 6.07) is 20.1. The molecule has 6 rings (SSSR count). The SMILES string of the molecule is CC(C)(C)c1cc(C[PH+](C(C)(C)C)C(C)(C)C)c2[n-]c3c(C[PH+](C(C)(C)C)C(C)(C)C)cc(C(C)(C)C)cc3c2c1.CC(C)(C)c1cc(C[PH+](C(C)(C)C)C(C)(C)C)c2[n-]c3c(C[PH+](C(C)(C)C)C(C)(C)C)cc(C(C)(C)C)cc3c2c1.N#N.[Fe].[Fe]. The summed E-state index contributed by atoms with van der Waals surface area (Å²) in [5.74, 6) is 0. The van der Waals surface area contributed by atoms with Gasteiger partial charge in [0.1, 0.15) is 0 Å². The topological polar surface area (TPSA) is 75.8 Å². The fraction of sp³-hybridized carbons (Fsp3) is 0.684. The summed E-state index contributed by atoms with van der Waals surface area (Å²) in [6.07, 6.45) is 4.62. The van der Waals surface area contributed by atoms with E-state index in [1.54, 1.807) is 0 Å². The first kappa shape index (κ1) is 80.8. The second kappa shape index (κ2) is 27.3. The van der Waals surface area contributed by atoms with Gasteiger partial charge >= 0.3 is 0 Å². The standard InChI is InChI=1S/2C38H62NP2.2Fe.N2/c2*1-33(2,3)27-19-25(23-40(35(7,8)9)36(10,11)12)31-29(21-27)30-22-28(34(4,5)6)20-26(32(30)39-31)24-41(37(13,14)15)38(16,17)18;;;1-2/h2*19-22H,23-24H2,1-18H3;;;/q2*-1;;;/p+4. The van der Waals surface area contributed by atoms with Crippen molar-refractivity contribution in [1.29, 1.82) is 10.8 Å². The molecule has 0 aliphatic carbocycles. The van der Waals surface area contributed by atoms with Gasteiger partial charge in [-0.05, 0) is 254 Å². The van der Waals surface area contributed by atoms with E-state index in [1.165, 1.54) is 88.1 Å². The summed E-state index contributed by atoms with van der Waals surface area (Å²) >= 11 is 0. The third kappa shape index (κ3) is 19.8. The number of hydrogen-bond donors (Lipinski definition) is 0. The molecule has 0 N–H and O–H groups in total. The van der Waals surface area contributed by atoms with E-state index in [4.69, 9.17) is 20.8 Å². The van der Waals surface area contributed by atoms with Crippen molar-refractivity contribution < 1.29 is 34.1 Å². The van der Waals surface area contributed by atoms with Gasteiger partial charge < -0.3 is 9.97 Å². The molecule has 6 aromatic rings. The van der Waals surface area contributed by atoms with E-state index in [2.05, 4.69) is 298 Å². The predicted molar refractivity (Wildman–Crippen MR) is 394 cm³/mol. The van der Waals surface area contributed by atoms with E-state index >= 15 is 0 Å². The minimum Gasteiger partial charge on any atom is -0.656 e. The molecule has 0 bridgehead atoms. The van der Waals surface area contributed by atoms with Crippen molar-refractivity contribution in [3.63, 3.8) is 0 Å². The molecule has 0 aliphatic rings. The van der Waals surface area contributed by atoms with Crippen LogP contribution < -0.4 is 9.97 Å². The number of aromatic nitrogens is 2. The maximum atomic E-state index is 6.00. The third-order valence-electron chi connectivity index (χ3n) is 18.0. The Bertz CT molecular complexity index is 2780. The fourth-order valence-corrected chi connectivity index (χ4v) is 29.8. The summed E-state index contributed by atoms with van der Waals surface area (Å²) in [5, 5.41) is 19.9. The normalized spacial score (nSPS) is 14.1. The van der Waals surface area contributed by atoms with Crippen molar-refractivity contribution >= 4 is 75.3 Å². The van der Waals surface area contributed by atoms with Crippen LogP contribution in [0.15, 0.2) is 48.5 Å². The zero-order chi connectivity index (χ0) is 65.4. The zero-order valence-electron chi connectivity index (χ0n) is 61.9. The second-order valence-electron chi connectivity index (χ2n) is 38.0. The number of nitrogens with zero attached hydrogens (tertiary/aromatic N) is 4. The summed E-state index contributed by atoms with van der Waals surface area (Å²) in [6.45, 7) is 87.4. The van der Waals surface area contributed by atoms with Gasteiger partial charge in [0, 0.05) is 76.6 Å². The summed E-state index contributed by atoms with van der Waals surface area (Å²) in [7, 11) is -3.00. The van der Waals surface area contributed by atoms with Crippen molar-refractivity contribution in [3.8, 4) is 0 Å². The molecule has 0 unspecified atom stereocenters. The monoisotopic (exact) mass is 1330 g/mol. The summed E-state index contributed by atoms with van der Waals surface area (Å²) in [4.78, 5) is 11.3. The van der Waals surface area contributed by atoms with Gasteiger partial charge in [-0.1, -0.05) is 132 Å². The van der Waals surface area contributed by atoms with E-state index in [0.717, 1.165) is 24.6 Å². The van der Waals surface area contributed by atoms with Crippen molar-refractivity contribution in [2.75, 3.05) is 0 Å². The molecule has 0 aliphatic heterocycles. The van der Waals surface area contributed by atoms with Gasteiger partial charge in [-0.25, -0.2) is 0 Å². The fourth-order valence-electron chi connectivity index (χ4n) is 14.0. The van der Waals surface area contributed by atoms with E-state index in [9.17, 15) is 0 Å². The number of hydrogen-bond acceptors (Lipinski definition) is 2. The van der Waals surface area contributed by atoms with Crippen LogP contribution in [0.1, 0.15) is 294 Å². The average Bonchev–Trinajstić information content (AvgIpc) is 3.83. The van der Waals surface area contributed by atoms with Gasteiger partial charge in [-0.3, -0.25) is 0 Å². The molecule has 0 atom stereocenters. The third-order valence-corrected chi connectivity index (χ3v) is 35.4. The van der Waals surface area contributed by atoms with Crippen molar-refractivity contribution in [3.05, 3.63) is 93.0 Å². The Kier molecular flexibility index (Phi) is 25.6. The van der Waals surface area contributed by atoms with E-state index < -0.39 is 31.7 Å². The van der Waals surface area contributed by atoms with E-state index in [0.29, 0.717) is 41.2 Å². The van der Waals surface area contributed by atoms with E-state index in [-0.39, 0.29) is 55.8 Å². The van der Waals surface area contributed by atoms with Gasteiger partial charge in [0.25, 0.3) is 0 Å². The van der Waals surface area contributed by atoms with Crippen LogP contribution in [0.2, 0.25) is 0 Å². The predicted octanol–water partition coefficient (Wildman–Crippen LogP) is 24.4. The van der Waals surface area contributed by atoms with E-state index in [1.807, 2.05) is 0 Å². The van der Waals surface area contributed by atoms with Crippen molar-refractivity contribution in [2.45, 2.75) is 337 Å². The minimum atomic E-state index is -0.750. The number of fused-ring (bicyclic) bond motifs is 6. The maximum Gasteiger partial charge on any atom is 0.0819 e. The molecule has 486 valence electrons. The molecule has 2 heterocycles. The Hall–Kier alpha value is -1.34. The Morgan fingerprint density at radius 3 is 0.477 bits per heavy atom. The zero-order valence-corrected chi connectivity index (χ0v) is 68.2. The Morgan fingerprint density at radius 1 is 0.244 bits per heavy atom. The molecule has 0 spiro atoms. The summed E-state index contributed by atoms with van der Waals surface area (Å²) < 4.78 is 0. The number of benzene rings is 4. The molecule has 4 nitrogen and oxygen atoms in total. The van der Waals surface area contributed by atoms with Crippen molar-refractivity contribution in [1.82, 2.24) is 9.97 Å². The molecule has 2 aromatic heterocycles. The quantitative estimate of drug-likeness (QED) is 0.0864. The van der Waals surface area contributed by atoms with Crippen LogP contribution in [0, 0.1) is 10.8 Å². The minimum absolute atomic E-state index is 0. The Labute approximate surface area is 556 Å². The van der Waals surface area contributed by atoms with Crippen LogP contribution >= 0.6 is 31.7 Å². The molecule has 0 amide bonds. The first-order valence-electron chi connectivity index (χ1n) is 32.0. The molecule has 0 radical (unpaired) electrons. The Balaban J connectivity index is 0.000000558. The molecule has 86 heavy (non-hydrogen) atoms. The van der Waals surface area contributed by atoms with Gasteiger partial charge in [-0.2, -0.15) is 0 Å². The summed E-state index contributed by atoms with van der Waals surface area (Å²) in [5.41, 5.74) is 17.0. The maximum absolute atomic E-state index is 6.00. The Morgan fingerprint density at radius 2 is 0.372 bits per heavy atom. The second-order valence-corrected chi connectivity index (χ2v) is 55.2. The van der Waals surface area contributed by atoms with Crippen LogP contribution in [0.3, 0.4) is 0 Å². The average molecular weight is 1330 g/mol. The molecule has 0 saturated carbocycles. The van der Waals surface area contributed by atoms with Gasteiger partial charge in [0.05, 0.1) is 65.9 Å². The number of rotatable bonds is 8. The first-order chi connectivity index (χ1) is 37.2. The first-order valence-corrected chi connectivity index (χ1v) is 38.9. The largest absolute Gasteiger partial charge is 0.656 e. The van der Waals surface area contributed by atoms with Gasteiger partial charge in [0.2, 0.25) is 0 Å². The van der Waals surface area contributed by atoms with Crippen LogP contribution in [-0.2, 0) is 80.4 Å². The van der Waals surface area contributed by atoms with Crippen molar-refractivity contribution in [2.24, 2.45) is 0 Å². The molecular weight excluding hydrogens is 1200 g/mol. The molecule has 10 heteroatoms. The molecular formula is C76H128Fe2N4P4+2. The van der Waals surface area contributed by atoms with Crippen LogP contribution in [0.4, 0.5) is 0 Å². The van der Waals surface area contributed by atoms with Gasteiger partial charge in [-0.15, -0.1) is 22.1 Å². The van der Waals surface area contributed by atoms with Gasteiger partial charge in [0.15, 0.2) is 0 Å². The smallest absolute Gasteiger partial charge is 0.0819 e. The molecule has 0 saturated heterocycles.